The Hall–Kier alpha value is -2.83. The summed E-state index contributed by atoms with van der Waals surface area (Å²) in [5.41, 5.74) is 10.6. The minimum absolute atomic E-state index is 0.639. The number of hydrogen-bond acceptors (Lipinski definition) is 2. The third kappa shape index (κ3) is 13.8. The van der Waals surface area contributed by atoms with E-state index in [-0.39, 0.29) is 0 Å². The predicted octanol–water partition coefficient (Wildman–Crippen LogP) is 19.6. The molecule has 4 aliphatic carbocycles. The number of hydrogen-bond donors (Lipinski definition) is 0. The van der Waals surface area contributed by atoms with Crippen molar-refractivity contribution in [2.45, 2.75) is 203 Å². The van der Waals surface area contributed by atoms with Crippen molar-refractivity contribution < 1.29 is 18.2 Å². The van der Waals surface area contributed by atoms with Crippen molar-refractivity contribution in [1.29, 1.82) is 0 Å². The van der Waals surface area contributed by atoms with Crippen LogP contribution in [-0.2, 0) is 18.2 Å². The number of benzene rings is 5. The third-order valence-electron chi connectivity index (χ3n) is 16.8. The first-order valence-electron chi connectivity index (χ1n) is 27.8. The topological polar surface area (TPSA) is 6.48 Å². The van der Waals surface area contributed by atoms with Crippen LogP contribution in [-0.4, -0.2) is 13.1 Å². The Kier molecular flexibility index (Phi) is 21.0. The zero-order valence-electron chi connectivity index (χ0n) is 41.6. The Morgan fingerprint density at radius 3 is 1.13 bits per heavy atom. The molecule has 0 atom stereocenters. The molecular formula is C64H83ClN2Pd+. The van der Waals surface area contributed by atoms with Crippen LogP contribution in [0.5, 0.6) is 0 Å². The van der Waals surface area contributed by atoms with Crippen molar-refractivity contribution in [1.82, 2.24) is 0 Å². The van der Waals surface area contributed by atoms with E-state index >= 15 is 0 Å². The first-order chi connectivity index (χ1) is 33.7. The van der Waals surface area contributed by atoms with Gasteiger partial charge in [0.2, 0.25) is 6.67 Å². The zero-order valence-corrected chi connectivity index (χ0v) is 43.9. The van der Waals surface area contributed by atoms with E-state index in [2.05, 4.69) is 112 Å². The molecule has 0 spiro atoms. The van der Waals surface area contributed by atoms with Crippen LogP contribution < -0.4 is 9.80 Å². The van der Waals surface area contributed by atoms with Gasteiger partial charge in [-0.2, -0.15) is 0 Å². The Morgan fingerprint density at radius 1 is 0.426 bits per heavy atom. The summed E-state index contributed by atoms with van der Waals surface area (Å²) in [5.74, 6) is 2.68. The van der Waals surface area contributed by atoms with Crippen molar-refractivity contribution in [3.8, 4) is 0 Å². The van der Waals surface area contributed by atoms with Gasteiger partial charge < -0.3 is 9.80 Å². The van der Waals surface area contributed by atoms with Crippen LogP contribution in [0, 0.1) is 26.4 Å². The van der Waals surface area contributed by atoms with Gasteiger partial charge in [-0.05, 0) is 146 Å². The van der Waals surface area contributed by atoms with Crippen LogP contribution >= 0.6 is 9.53 Å². The second-order valence-electron chi connectivity index (χ2n) is 21.4. The van der Waals surface area contributed by atoms with Gasteiger partial charge in [-0.15, -0.1) is 0 Å². The molecule has 0 unspecified atom stereocenters. The summed E-state index contributed by atoms with van der Waals surface area (Å²) in [6.07, 6.45) is 42.4. The molecule has 0 bridgehead atoms. The van der Waals surface area contributed by atoms with Gasteiger partial charge in [0.1, 0.15) is 0 Å². The summed E-state index contributed by atoms with van der Waals surface area (Å²) in [7, 11) is 4.49. The van der Waals surface area contributed by atoms with Crippen LogP contribution in [0.25, 0.3) is 21.5 Å². The number of anilines is 2. The fourth-order valence-corrected chi connectivity index (χ4v) is 13.0. The summed E-state index contributed by atoms with van der Waals surface area (Å²) in [4.78, 5) is 5.27. The first kappa shape index (κ1) is 51.5. The van der Waals surface area contributed by atoms with Crippen molar-refractivity contribution in [3.63, 3.8) is 0 Å². The SMILES string of the molecule is [CH2][CH][CH]c1ccccc1.[C]1N(c2c(C3CCCCCCC3)ccc3ccc(C4CCCCCCC4)cc23)CCN1c1c(C2CCCCCCC2)ccc2ccc(C3CCCCCCC3)cc12.[Cl][Pd+]. The molecule has 1 heterocycles. The van der Waals surface area contributed by atoms with Crippen LogP contribution in [0.15, 0.2) is 91.0 Å². The normalized spacial score (nSPS) is 20.4. The second-order valence-corrected chi connectivity index (χ2v) is 21.4. The monoisotopic (exact) mass is 1020 g/mol. The van der Waals surface area contributed by atoms with Gasteiger partial charge in [-0.25, -0.2) is 0 Å². The van der Waals surface area contributed by atoms with Crippen molar-refractivity contribution in [3.05, 3.63) is 145 Å². The molecule has 1 aliphatic heterocycles. The predicted molar refractivity (Wildman–Crippen MR) is 291 cm³/mol. The molecule has 4 saturated carbocycles. The summed E-state index contributed by atoms with van der Waals surface area (Å²) >= 11 is 2.22. The maximum absolute atomic E-state index is 4.49. The Balaban J connectivity index is 0.000000506. The quantitative estimate of drug-likeness (QED) is 0.143. The Bertz CT molecular complexity index is 2070. The first-order valence-corrected chi connectivity index (χ1v) is 29.8. The molecule has 0 aromatic heterocycles. The van der Waals surface area contributed by atoms with Gasteiger partial charge in [-0.3, -0.25) is 0 Å². The van der Waals surface area contributed by atoms with Gasteiger partial charge in [0.25, 0.3) is 0 Å². The minimum atomic E-state index is 0.639. The number of nitrogens with zero attached hydrogens (tertiary/aromatic N) is 2. The average molecular weight is 1020 g/mol. The van der Waals surface area contributed by atoms with E-state index in [9.17, 15) is 0 Å². The zero-order chi connectivity index (χ0) is 46.8. The molecule has 4 heteroatoms. The van der Waals surface area contributed by atoms with Gasteiger partial charge in [0, 0.05) is 23.9 Å². The maximum atomic E-state index is 4.49. The second kappa shape index (κ2) is 27.7. The van der Waals surface area contributed by atoms with E-state index in [0.717, 1.165) is 13.1 Å². The van der Waals surface area contributed by atoms with E-state index in [1.807, 2.05) is 36.8 Å². The molecule has 5 radical (unpaired) electrons. The Labute approximate surface area is 429 Å². The summed E-state index contributed by atoms with van der Waals surface area (Å²) in [5, 5.41) is 5.82. The number of rotatable bonds is 8. The molecule has 5 aromatic carbocycles. The molecule has 1 saturated heterocycles. The van der Waals surface area contributed by atoms with Crippen LogP contribution in [0.4, 0.5) is 11.4 Å². The van der Waals surface area contributed by atoms with E-state index in [0.29, 0.717) is 23.7 Å². The molecule has 365 valence electrons. The van der Waals surface area contributed by atoms with E-state index in [4.69, 9.17) is 0 Å². The third-order valence-corrected chi connectivity index (χ3v) is 16.8. The summed E-state index contributed by atoms with van der Waals surface area (Å²) in [6, 6.07) is 35.5. The van der Waals surface area contributed by atoms with Gasteiger partial charge >= 0.3 is 27.7 Å². The van der Waals surface area contributed by atoms with Crippen molar-refractivity contribution >= 4 is 42.4 Å². The van der Waals surface area contributed by atoms with Crippen molar-refractivity contribution in [2.75, 3.05) is 22.9 Å². The molecule has 10 rings (SSSR count). The average Bonchev–Trinajstić information content (AvgIpc) is 3.81. The molecule has 5 fully saturated rings. The fourth-order valence-electron chi connectivity index (χ4n) is 13.0. The molecular weight excluding hydrogens is 939 g/mol. The van der Waals surface area contributed by atoms with Crippen LogP contribution in [0.1, 0.15) is 231 Å². The van der Waals surface area contributed by atoms with Gasteiger partial charge in [-0.1, -0.05) is 207 Å². The van der Waals surface area contributed by atoms with Gasteiger partial charge in [0.05, 0.1) is 11.4 Å². The number of halogens is 1. The van der Waals surface area contributed by atoms with Gasteiger partial charge in [0.15, 0.2) is 0 Å². The molecule has 0 N–H and O–H groups in total. The molecule has 5 aliphatic rings. The molecule has 5 aromatic rings. The standard InChI is InChI=1S/C55H74N2.C9H9.ClH.Pd/c1-5-13-21-42(22-14-6-1)48-31-29-46-33-35-50(44-25-17-9-3-10-18-26-44)54(52(46)39-48)56-37-38-57(41-56)55-51(45-27-19-11-4-12-20-28-45)36-34-47-30-32-49(40-53(47)55)43-23-15-7-2-8-16-24-43;1-2-6-9-7-4-3-5-8-9;;/h29-36,39-40,42-45H,1-28,37-38H2;2-8H,1H2;1H;/q;;;+2/p-1. The number of fused-ring (bicyclic) bond motifs is 2. The molecule has 0 amide bonds. The summed E-state index contributed by atoms with van der Waals surface area (Å²) < 4.78 is 0. The van der Waals surface area contributed by atoms with Crippen LogP contribution in [0.3, 0.4) is 0 Å². The van der Waals surface area contributed by atoms with E-state index in [1.165, 1.54) is 218 Å². The summed E-state index contributed by atoms with van der Waals surface area (Å²) in [6.45, 7) is 9.84. The molecule has 68 heavy (non-hydrogen) atoms. The fraction of sp³-hybridized carbons (Fsp3) is 0.531. The van der Waals surface area contributed by atoms with Crippen LogP contribution in [0.2, 0.25) is 0 Å². The van der Waals surface area contributed by atoms with E-state index in [1.54, 1.807) is 28.7 Å². The van der Waals surface area contributed by atoms with Crippen molar-refractivity contribution in [2.24, 2.45) is 0 Å². The Morgan fingerprint density at radius 2 is 0.765 bits per heavy atom. The van der Waals surface area contributed by atoms with E-state index < -0.39 is 0 Å². The molecule has 2 nitrogen and oxygen atoms in total.